The fraction of sp³-hybridized carbons (Fsp3) is 0.565. The minimum Gasteiger partial charge on any atom is -0.496 e. The van der Waals surface area contributed by atoms with Crippen molar-refractivity contribution in [2.24, 2.45) is 5.92 Å². The highest BCUT2D eigenvalue weighted by molar-refractivity contribution is 6.16. The maximum atomic E-state index is 12.0. The summed E-state index contributed by atoms with van der Waals surface area (Å²) in [6.07, 6.45) is 0.850. The normalized spacial score (nSPS) is 24.3. The van der Waals surface area contributed by atoms with Crippen molar-refractivity contribution in [2.75, 3.05) is 24.3 Å². The van der Waals surface area contributed by atoms with E-state index in [0.717, 1.165) is 6.42 Å². The van der Waals surface area contributed by atoms with Crippen LogP contribution in [0, 0.1) is 5.92 Å². The van der Waals surface area contributed by atoms with Crippen LogP contribution in [0.25, 0.3) is 11.2 Å². The van der Waals surface area contributed by atoms with E-state index in [1.807, 2.05) is 26.3 Å². The molecule has 0 aliphatic carbocycles. The molecule has 0 bridgehead atoms. The smallest absolute Gasteiger partial charge is 0.302 e. The first kappa shape index (κ1) is 25.5. The Hall–Kier alpha value is -3.08. The maximum Gasteiger partial charge on any atom is 0.302 e. The number of carbonyl (C=O) groups is 1. The zero-order valence-electron chi connectivity index (χ0n) is 21.1. The fourth-order valence-corrected chi connectivity index (χ4v) is 4.21. The van der Waals surface area contributed by atoms with E-state index in [1.54, 1.807) is 13.4 Å². The van der Waals surface area contributed by atoms with Crippen LogP contribution in [0.5, 0.6) is 0 Å². The highest BCUT2D eigenvalue weighted by atomic mass is 16.6. The van der Waals surface area contributed by atoms with Gasteiger partial charge in [-0.3, -0.25) is 9.36 Å². The molecule has 184 valence electrons. The summed E-state index contributed by atoms with van der Waals surface area (Å²) in [5, 5.41) is 5.51. The quantitative estimate of drug-likeness (QED) is 0.307. The molecule has 1 aliphatic heterocycles. The zero-order chi connectivity index (χ0) is 25.2. The third-order valence-electron chi connectivity index (χ3n) is 5.63. The Morgan fingerprint density at radius 2 is 2.06 bits per heavy atom. The summed E-state index contributed by atoms with van der Waals surface area (Å²) < 4.78 is 19.9. The van der Waals surface area contributed by atoms with Crippen molar-refractivity contribution in [3.05, 3.63) is 30.9 Å². The van der Waals surface area contributed by atoms with Crippen LogP contribution in [0.1, 0.15) is 47.3 Å². The maximum absolute atomic E-state index is 12.0. The van der Waals surface area contributed by atoms with Crippen LogP contribution < -0.4 is 10.6 Å². The predicted octanol–water partition coefficient (Wildman–Crippen LogP) is 3.03. The summed E-state index contributed by atoms with van der Waals surface area (Å²) in [5.74, 6) is 1.69. The van der Waals surface area contributed by atoms with Crippen molar-refractivity contribution in [1.82, 2.24) is 19.5 Å². The van der Waals surface area contributed by atoms with Gasteiger partial charge in [0.1, 0.15) is 32.9 Å². The average molecular weight is 470 g/mol. The number of hydrogen-bond acceptors (Lipinski definition) is 9. The van der Waals surface area contributed by atoms with Crippen LogP contribution >= 0.6 is 0 Å². The molecule has 4 atom stereocenters. The number of allylic oxidation sites excluding steroid dienone is 2. The van der Waals surface area contributed by atoms with Crippen LogP contribution in [-0.4, -0.2) is 59.2 Å². The topological polar surface area (TPSA) is 112 Å². The van der Waals surface area contributed by atoms with Crippen molar-refractivity contribution in [3.8, 4) is 0 Å². The molecule has 10 nitrogen and oxygen atoms in total. The molecule has 1 aliphatic rings. The Morgan fingerprint density at radius 3 is 2.65 bits per heavy atom. The first-order chi connectivity index (χ1) is 15.9. The molecule has 0 saturated carbocycles. The number of hydrogen-bond donors (Lipinski definition) is 2. The number of anilines is 2. The molecule has 2 N–H and O–H groups in total. The Bertz CT molecular complexity index is 1080. The summed E-state index contributed by atoms with van der Waals surface area (Å²) in [4.78, 5) is 25.6. The number of fused-ring (bicyclic) bond motifs is 1. The molecule has 1 saturated heterocycles. The van der Waals surface area contributed by atoms with E-state index in [-0.39, 0.29) is 12.6 Å². The SMILES string of the molecule is B[C@@]1(C)C(n2cnc3c(NC)nc(NC(=C)C)nc32)OC(COC(=C)CC(C)C)[C@H]1OC(C)=O. The minimum atomic E-state index is -0.612. The van der Waals surface area contributed by atoms with Crippen molar-refractivity contribution in [3.63, 3.8) is 0 Å². The van der Waals surface area contributed by atoms with E-state index < -0.39 is 23.8 Å². The molecule has 0 aromatic carbocycles. The lowest BCUT2D eigenvalue weighted by molar-refractivity contribution is -0.151. The second-order valence-corrected chi connectivity index (χ2v) is 9.70. The molecule has 0 amide bonds. The van der Waals surface area contributed by atoms with Gasteiger partial charge in [0.15, 0.2) is 17.0 Å². The first-order valence-corrected chi connectivity index (χ1v) is 11.4. The van der Waals surface area contributed by atoms with Crippen molar-refractivity contribution in [1.29, 1.82) is 0 Å². The van der Waals surface area contributed by atoms with Gasteiger partial charge in [-0.15, -0.1) is 0 Å². The fourth-order valence-electron chi connectivity index (χ4n) is 4.21. The van der Waals surface area contributed by atoms with Gasteiger partial charge in [-0.25, -0.2) is 4.98 Å². The van der Waals surface area contributed by atoms with Crippen molar-refractivity contribution < 1.29 is 19.0 Å². The molecular weight excluding hydrogens is 435 g/mol. The first-order valence-electron chi connectivity index (χ1n) is 11.4. The largest absolute Gasteiger partial charge is 0.496 e. The number of aromatic nitrogens is 4. The average Bonchev–Trinajstić information content (AvgIpc) is 3.23. The predicted molar refractivity (Wildman–Crippen MR) is 134 cm³/mol. The molecule has 3 rings (SSSR count). The monoisotopic (exact) mass is 470 g/mol. The van der Waals surface area contributed by atoms with Gasteiger partial charge in [0.2, 0.25) is 5.95 Å². The number of nitrogens with zero attached hydrogens (tertiary/aromatic N) is 4. The van der Waals surface area contributed by atoms with Crippen LogP contribution in [0.3, 0.4) is 0 Å². The second kappa shape index (κ2) is 10.0. The highest BCUT2D eigenvalue weighted by Gasteiger charge is 2.54. The highest BCUT2D eigenvalue weighted by Crippen LogP contribution is 2.51. The number of imidazole rings is 1. The van der Waals surface area contributed by atoms with E-state index in [1.165, 1.54) is 6.92 Å². The summed E-state index contributed by atoms with van der Waals surface area (Å²) in [6, 6.07) is 0. The number of rotatable bonds is 10. The minimum absolute atomic E-state index is 0.218. The third kappa shape index (κ3) is 5.35. The summed E-state index contributed by atoms with van der Waals surface area (Å²) in [5.41, 5.74) is 1.88. The Balaban J connectivity index is 1.98. The van der Waals surface area contributed by atoms with Crippen LogP contribution in [-0.2, 0) is 19.0 Å². The number of nitrogens with one attached hydrogen (secondary N) is 2. The lowest BCUT2D eigenvalue weighted by atomic mass is 9.65. The number of esters is 1. The number of ether oxygens (including phenoxy) is 3. The lowest BCUT2D eigenvalue weighted by Crippen LogP contribution is -2.37. The van der Waals surface area contributed by atoms with Gasteiger partial charge in [-0.1, -0.05) is 33.9 Å². The van der Waals surface area contributed by atoms with Gasteiger partial charge in [0, 0.05) is 31.4 Å². The lowest BCUT2D eigenvalue weighted by Gasteiger charge is -2.31. The van der Waals surface area contributed by atoms with Gasteiger partial charge >= 0.3 is 5.97 Å². The Kier molecular flexibility index (Phi) is 7.55. The molecule has 0 radical (unpaired) electrons. The molecule has 2 aromatic rings. The van der Waals surface area contributed by atoms with E-state index in [0.29, 0.717) is 40.3 Å². The van der Waals surface area contributed by atoms with Gasteiger partial charge in [-0.2, -0.15) is 9.97 Å². The molecule has 3 heterocycles. The molecule has 0 spiro atoms. The van der Waals surface area contributed by atoms with E-state index in [9.17, 15) is 4.79 Å². The standard InChI is InChI=1S/C23H35BN6O4/c1-12(2)9-14(5)32-10-16-18(33-15(6)31)23(7,24)21(34-16)30-11-26-17-19(25-8)28-22(27-13(3)4)29-20(17)30/h11-12,16,18,21H,3,5,9-10,24H2,1-2,4,6-8H3,(H2,25,27,28,29)/t16?,18-,21?,23-/m1/s1. The van der Waals surface area contributed by atoms with Crippen LogP contribution in [0.15, 0.2) is 30.9 Å². The summed E-state index contributed by atoms with van der Waals surface area (Å²) in [6.45, 7) is 17.5. The van der Waals surface area contributed by atoms with Gasteiger partial charge in [0.05, 0.1) is 12.1 Å². The second-order valence-electron chi connectivity index (χ2n) is 9.70. The van der Waals surface area contributed by atoms with Crippen LogP contribution in [0.2, 0.25) is 5.31 Å². The molecule has 1 fully saturated rings. The summed E-state index contributed by atoms with van der Waals surface area (Å²) >= 11 is 0. The van der Waals surface area contributed by atoms with Crippen molar-refractivity contribution >= 4 is 36.7 Å². The molecular formula is C23H35BN6O4. The van der Waals surface area contributed by atoms with E-state index in [2.05, 4.69) is 52.6 Å². The zero-order valence-corrected chi connectivity index (χ0v) is 21.1. The van der Waals surface area contributed by atoms with Gasteiger partial charge < -0.3 is 24.8 Å². The van der Waals surface area contributed by atoms with Gasteiger partial charge in [0.25, 0.3) is 0 Å². The Labute approximate surface area is 201 Å². The number of carbonyl (C=O) groups excluding carboxylic acids is 1. The van der Waals surface area contributed by atoms with Crippen LogP contribution in [0.4, 0.5) is 11.8 Å². The van der Waals surface area contributed by atoms with Gasteiger partial charge in [-0.05, 0) is 12.8 Å². The van der Waals surface area contributed by atoms with E-state index >= 15 is 0 Å². The third-order valence-corrected chi connectivity index (χ3v) is 5.63. The van der Waals surface area contributed by atoms with Crippen molar-refractivity contribution in [2.45, 2.75) is 64.8 Å². The van der Waals surface area contributed by atoms with E-state index in [4.69, 9.17) is 14.2 Å². The molecule has 11 heteroatoms. The Morgan fingerprint density at radius 1 is 1.35 bits per heavy atom. The molecule has 2 aromatic heterocycles. The molecule has 34 heavy (non-hydrogen) atoms. The molecule has 2 unspecified atom stereocenters. The summed E-state index contributed by atoms with van der Waals surface area (Å²) in [7, 11) is 3.77.